The fourth-order valence-corrected chi connectivity index (χ4v) is 3.58. The van der Waals surface area contributed by atoms with Crippen LogP contribution in [0.25, 0.3) is 0 Å². The Morgan fingerprint density at radius 1 is 1.10 bits per heavy atom. The number of halogens is 3. The number of sulfone groups is 1. The Morgan fingerprint density at radius 3 is 2.40 bits per heavy atom. The van der Waals surface area contributed by atoms with Gasteiger partial charge in [0.15, 0.2) is 9.84 Å². The maximum absolute atomic E-state index is 13.0. The van der Waals surface area contributed by atoms with Crippen molar-refractivity contribution in [3.8, 4) is 0 Å². The van der Waals surface area contributed by atoms with E-state index >= 15 is 0 Å². The minimum absolute atomic E-state index is 0.0117. The van der Waals surface area contributed by atoms with Gasteiger partial charge in [-0.2, -0.15) is 0 Å². The summed E-state index contributed by atoms with van der Waals surface area (Å²) in [5.74, 6) is -0.919. The number of benzene rings is 2. The number of rotatable bonds is 3. The molecule has 7 heteroatoms. The molecule has 0 heterocycles. The Hall–Kier alpha value is -1.30. The highest BCUT2D eigenvalue weighted by molar-refractivity contribution is 7.90. The molecule has 0 aromatic heterocycles. The van der Waals surface area contributed by atoms with Crippen molar-refractivity contribution in [1.29, 1.82) is 0 Å². The van der Waals surface area contributed by atoms with Crippen molar-refractivity contribution in [2.24, 2.45) is 0 Å². The first-order valence-electron chi connectivity index (χ1n) is 5.51. The van der Waals surface area contributed by atoms with Gasteiger partial charge >= 0.3 is 0 Å². The molecule has 0 unspecified atom stereocenters. The lowest BCUT2D eigenvalue weighted by atomic mass is 10.2. The molecule has 0 aliphatic heterocycles. The average Bonchev–Trinajstić information content (AvgIpc) is 2.33. The Kier molecular flexibility index (Phi) is 4.22. The van der Waals surface area contributed by atoms with Crippen molar-refractivity contribution in [3.05, 3.63) is 57.8 Å². The fraction of sp³-hybridized carbons (Fsp3) is 0.0769. The summed E-state index contributed by atoms with van der Waals surface area (Å²) in [7, 11) is -3.66. The van der Waals surface area contributed by atoms with Gasteiger partial charge < -0.3 is 5.73 Å². The van der Waals surface area contributed by atoms with E-state index in [0.717, 1.165) is 6.07 Å². The molecule has 0 aliphatic carbocycles. The van der Waals surface area contributed by atoms with Crippen molar-refractivity contribution in [2.75, 3.05) is 5.73 Å². The molecule has 2 aromatic carbocycles. The molecule has 20 heavy (non-hydrogen) atoms. The second kappa shape index (κ2) is 5.60. The smallest absolute Gasteiger partial charge is 0.184 e. The Labute approximate surface area is 126 Å². The summed E-state index contributed by atoms with van der Waals surface area (Å²) in [5, 5.41) is 0.230. The number of anilines is 1. The van der Waals surface area contributed by atoms with Crippen LogP contribution < -0.4 is 5.73 Å². The van der Waals surface area contributed by atoms with Gasteiger partial charge in [0.05, 0.1) is 21.4 Å². The zero-order valence-electron chi connectivity index (χ0n) is 10.1. The van der Waals surface area contributed by atoms with Gasteiger partial charge in [0.25, 0.3) is 0 Å². The van der Waals surface area contributed by atoms with Gasteiger partial charge in [-0.05, 0) is 35.9 Å². The third kappa shape index (κ3) is 3.23. The molecule has 3 nitrogen and oxygen atoms in total. The van der Waals surface area contributed by atoms with Gasteiger partial charge in [0.2, 0.25) is 0 Å². The van der Waals surface area contributed by atoms with Crippen LogP contribution in [0.5, 0.6) is 0 Å². The van der Waals surface area contributed by atoms with Crippen LogP contribution in [-0.2, 0) is 15.6 Å². The standard InChI is InChI=1S/C13H10Cl2FNO2S/c14-9-2-4-13(12(17)6-9)20(18,19)7-8-1-3-11(16)10(15)5-8/h1-6H,7,17H2. The van der Waals surface area contributed by atoms with E-state index in [2.05, 4.69) is 0 Å². The van der Waals surface area contributed by atoms with E-state index in [9.17, 15) is 12.8 Å². The van der Waals surface area contributed by atoms with Crippen molar-refractivity contribution >= 4 is 38.7 Å². The summed E-state index contributed by atoms with van der Waals surface area (Å²) in [6, 6.07) is 7.93. The summed E-state index contributed by atoms with van der Waals surface area (Å²) in [5.41, 5.74) is 6.12. The summed E-state index contributed by atoms with van der Waals surface area (Å²) in [6.45, 7) is 0. The molecule has 0 bridgehead atoms. The number of hydrogen-bond acceptors (Lipinski definition) is 3. The molecule has 2 aromatic rings. The van der Waals surface area contributed by atoms with Crippen LogP contribution in [0.1, 0.15) is 5.56 Å². The van der Waals surface area contributed by atoms with Crippen LogP contribution in [-0.4, -0.2) is 8.42 Å². The lowest BCUT2D eigenvalue weighted by Gasteiger charge is -2.08. The highest BCUT2D eigenvalue weighted by Gasteiger charge is 2.19. The lowest BCUT2D eigenvalue weighted by molar-refractivity contribution is 0.595. The normalized spacial score (nSPS) is 11.6. The second-order valence-electron chi connectivity index (χ2n) is 4.19. The van der Waals surface area contributed by atoms with E-state index in [0.29, 0.717) is 10.6 Å². The summed E-state index contributed by atoms with van der Waals surface area (Å²) < 4.78 is 37.6. The average molecular weight is 334 g/mol. The lowest BCUT2D eigenvalue weighted by Crippen LogP contribution is -2.08. The van der Waals surface area contributed by atoms with Gasteiger partial charge in [-0.25, -0.2) is 12.8 Å². The molecule has 0 amide bonds. The first kappa shape index (κ1) is 15.1. The largest absolute Gasteiger partial charge is 0.398 e. The third-order valence-corrected chi connectivity index (χ3v) is 4.93. The van der Waals surface area contributed by atoms with Crippen molar-refractivity contribution in [3.63, 3.8) is 0 Å². The minimum Gasteiger partial charge on any atom is -0.398 e. The monoisotopic (exact) mass is 333 g/mol. The molecule has 0 atom stereocenters. The van der Waals surface area contributed by atoms with Crippen LogP contribution in [0, 0.1) is 5.82 Å². The molecule has 106 valence electrons. The van der Waals surface area contributed by atoms with E-state index in [4.69, 9.17) is 28.9 Å². The highest BCUT2D eigenvalue weighted by Crippen LogP contribution is 2.26. The van der Waals surface area contributed by atoms with Crippen molar-refractivity contribution in [1.82, 2.24) is 0 Å². The van der Waals surface area contributed by atoms with Gasteiger partial charge in [-0.15, -0.1) is 0 Å². The van der Waals surface area contributed by atoms with Crippen LogP contribution in [0.2, 0.25) is 10.0 Å². The molecule has 0 saturated heterocycles. The minimum atomic E-state index is -3.66. The molecule has 0 saturated carbocycles. The predicted molar refractivity (Wildman–Crippen MR) is 78.2 cm³/mol. The maximum Gasteiger partial charge on any atom is 0.184 e. The molecular formula is C13H10Cl2FNO2S. The second-order valence-corrected chi connectivity index (χ2v) is 6.99. The molecule has 2 N–H and O–H groups in total. The van der Waals surface area contributed by atoms with Gasteiger partial charge in [0.1, 0.15) is 5.82 Å². The van der Waals surface area contributed by atoms with Crippen LogP contribution in [0.3, 0.4) is 0 Å². The topological polar surface area (TPSA) is 60.2 Å². The Morgan fingerprint density at radius 2 is 1.80 bits per heavy atom. The first-order chi connectivity index (χ1) is 9.29. The van der Waals surface area contributed by atoms with Gasteiger partial charge in [-0.3, -0.25) is 0 Å². The predicted octanol–water partition coefficient (Wildman–Crippen LogP) is 3.69. The molecule has 0 aliphatic rings. The van der Waals surface area contributed by atoms with Crippen molar-refractivity contribution in [2.45, 2.75) is 10.6 Å². The van der Waals surface area contributed by atoms with E-state index < -0.39 is 15.7 Å². The molecule has 0 spiro atoms. The van der Waals surface area contributed by atoms with Gasteiger partial charge in [0, 0.05) is 5.02 Å². The maximum atomic E-state index is 13.0. The molecular weight excluding hydrogens is 324 g/mol. The Balaban J connectivity index is 2.38. The SMILES string of the molecule is Nc1cc(Cl)ccc1S(=O)(=O)Cc1ccc(F)c(Cl)c1. The number of nitrogen functional groups attached to an aromatic ring is 1. The van der Waals surface area contributed by atoms with Crippen LogP contribution >= 0.6 is 23.2 Å². The van der Waals surface area contributed by atoms with Crippen LogP contribution in [0.15, 0.2) is 41.3 Å². The molecule has 0 fully saturated rings. The number of nitrogens with two attached hydrogens (primary N) is 1. The van der Waals surface area contributed by atoms with E-state index in [1.165, 1.54) is 30.3 Å². The third-order valence-electron chi connectivity index (χ3n) is 2.65. The zero-order valence-corrected chi connectivity index (χ0v) is 12.4. The summed E-state index contributed by atoms with van der Waals surface area (Å²) in [6.07, 6.45) is 0. The van der Waals surface area contributed by atoms with Crippen molar-refractivity contribution < 1.29 is 12.8 Å². The van der Waals surface area contributed by atoms with E-state index in [1.807, 2.05) is 0 Å². The quantitative estimate of drug-likeness (QED) is 0.871. The summed E-state index contributed by atoms with van der Waals surface area (Å²) >= 11 is 11.4. The molecule has 2 rings (SSSR count). The van der Waals surface area contributed by atoms with E-state index in [-0.39, 0.29) is 21.4 Å². The van der Waals surface area contributed by atoms with E-state index in [1.54, 1.807) is 0 Å². The fourth-order valence-electron chi connectivity index (χ4n) is 1.73. The summed E-state index contributed by atoms with van der Waals surface area (Å²) in [4.78, 5) is -0.0117. The Bertz CT molecular complexity index is 763. The highest BCUT2D eigenvalue weighted by atomic mass is 35.5. The first-order valence-corrected chi connectivity index (χ1v) is 7.92. The zero-order chi connectivity index (χ0) is 14.9. The number of hydrogen-bond donors (Lipinski definition) is 1. The molecule has 0 radical (unpaired) electrons. The van der Waals surface area contributed by atoms with Crippen LogP contribution in [0.4, 0.5) is 10.1 Å². The van der Waals surface area contributed by atoms with Gasteiger partial charge in [-0.1, -0.05) is 29.3 Å².